The zero-order chi connectivity index (χ0) is 17.8. The van der Waals surface area contributed by atoms with Crippen LogP contribution in [0.5, 0.6) is 0 Å². The summed E-state index contributed by atoms with van der Waals surface area (Å²) in [6, 6.07) is 12.9. The standard InChI is InChI=1S/C22H26N2OS/c25-22(9-8-18-5-2-1-3-6-18)24-13-10-21-20(16-24)7-4-12-23(21)15-19-11-14-26-17-19/h1-3,5-6,8-9,11,14,17,20-21H,4,7,10,12-13,15-16H2/b9-8+/t20-,21+/m1/s1. The fraction of sp³-hybridized carbons (Fsp3) is 0.409. The molecule has 2 aliphatic rings. The van der Waals surface area contributed by atoms with Gasteiger partial charge in [0.15, 0.2) is 0 Å². The first-order valence-electron chi connectivity index (χ1n) is 9.57. The van der Waals surface area contributed by atoms with Gasteiger partial charge in [-0.1, -0.05) is 30.3 Å². The Kier molecular flexibility index (Phi) is 5.51. The predicted octanol–water partition coefficient (Wildman–Crippen LogP) is 4.27. The fourth-order valence-electron chi connectivity index (χ4n) is 4.36. The number of fused-ring (bicyclic) bond motifs is 1. The molecule has 26 heavy (non-hydrogen) atoms. The van der Waals surface area contributed by atoms with Crippen molar-refractivity contribution in [1.29, 1.82) is 0 Å². The molecule has 3 heterocycles. The van der Waals surface area contributed by atoms with Crippen molar-refractivity contribution in [3.8, 4) is 0 Å². The Hall–Kier alpha value is -1.91. The van der Waals surface area contributed by atoms with E-state index in [0.717, 1.165) is 31.6 Å². The summed E-state index contributed by atoms with van der Waals surface area (Å²) in [6.07, 6.45) is 7.25. The largest absolute Gasteiger partial charge is 0.339 e. The number of hydrogen-bond acceptors (Lipinski definition) is 3. The van der Waals surface area contributed by atoms with Crippen molar-refractivity contribution in [3.05, 3.63) is 64.4 Å². The molecule has 136 valence electrons. The zero-order valence-corrected chi connectivity index (χ0v) is 15.9. The van der Waals surface area contributed by atoms with Crippen LogP contribution in [0.25, 0.3) is 6.08 Å². The summed E-state index contributed by atoms with van der Waals surface area (Å²) < 4.78 is 0. The van der Waals surface area contributed by atoms with Gasteiger partial charge in [-0.3, -0.25) is 9.69 Å². The quantitative estimate of drug-likeness (QED) is 0.754. The number of amides is 1. The van der Waals surface area contributed by atoms with Crippen LogP contribution in [0.1, 0.15) is 30.4 Å². The third kappa shape index (κ3) is 4.08. The summed E-state index contributed by atoms with van der Waals surface area (Å²) in [7, 11) is 0. The van der Waals surface area contributed by atoms with Crippen LogP contribution in [0.2, 0.25) is 0 Å². The third-order valence-electron chi connectivity index (χ3n) is 5.68. The predicted molar refractivity (Wildman–Crippen MR) is 108 cm³/mol. The lowest BCUT2D eigenvalue weighted by molar-refractivity contribution is -0.129. The topological polar surface area (TPSA) is 23.6 Å². The molecule has 2 aliphatic heterocycles. The molecule has 0 N–H and O–H groups in total. The molecule has 2 atom stereocenters. The van der Waals surface area contributed by atoms with Crippen molar-refractivity contribution in [2.24, 2.45) is 5.92 Å². The molecule has 1 amide bonds. The maximum Gasteiger partial charge on any atom is 0.246 e. The van der Waals surface area contributed by atoms with E-state index in [-0.39, 0.29) is 5.91 Å². The number of benzene rings is 1. The summed E-state index contributed by atoms with van der Waals surface area (Å²) in [6.45, 7) is 4.04. The highest BCUT2D eigenvalue weighted by atomic mass is 32.1. The molecule has 2 fully saturated rings. The van der Waals surface area contributed by atoms with Gasteiger partial charge in [0.2, 0.25) is 5.91 Å². The minimum absolute atomic E-state index is 0.155. The second-order valence-corrected chi connectivity index (χ2v) is 8.17. The second kappa shape index (κ2) is 8.19. The molecule has 0 spiro atoms. The van der Waals surface area contributed by atoms with Gasteiger partial charge in [-0.25, -0.2) is 0 Å². The number of nitrogens with zero attached hydrogens (tertiary/aromatic N) is 2. The number of hydrogen-bond donors (Lipinski definition) is 0. The first-order valence-corrected chi connectivity index (χ1v) is 10.5. The fourth-order valence-corrected chi connectivity index (χ4v) is 5.02. The van der Waals surface area contributed by atoms with E-state index < -0.39 is 0 Å². The van der Waals surface area contributed by atoms with Crippen LogP contribution in [-0.2, 0) is 11.3 Å². The summed E-state index contributed by atoms with van der Waals surface area (Å²) in [5.41, 5.74) is 2.51. The van der Waals surface area contributed by atoms with Gasteiger partial charge < -0.3 is 4.90 Å². The van der Waals surface area contributed by atoms with E-state index in [1.165, 1.54) is 24.9 Å². The second-order valence-electron chi connectivity index (χ2n) is 7.39. The van der Waals surface area contributed by atoms with Crippen LogP contribution in [0.15, 0.2) is 53.2 Å². The molecule has 0 aliphatic carbocycles. The van der Waals surface area contributed by atoms with Crippen LogP contribution >= 0.6 is 11.3 Å². The monoisotopic (exact) mass is 366 g/mol. The molecule has 1 aromatic carbocycles. The van der Waals surface area contributed by atoms with Crippen molar-refractivity contribution in [2.75, 3.05) is 19.6 Å². The Morgan fingerprint density at radius 3 is 2.85 bits per heavy atom. The molecule has 0 radical (unpaired) electrons. The molecule has 4 heteroatoms. The summed E-state index contributed by atoms with van der Waals surface area (Å²) >= 11 is 1.78. The van der Waals surface area contributed by atoms with Gasteiger partial charge in [-0.05, 0) is 65.8 Å². The van der Waals surface area contributed by atoms with Crippen LogP contribution in [0.3, 0.4) is 0 Å². The lowest BCUT2D eigenvalue weighted by Gasteiger charge is -2.47. The smallest absolute Gasteiger partial charge is 0.246 e. The van der Waals surface area contributed by atoms with Crippen LogP contribution in [0, 0.1) is 5.92 Å². The number of rotatable bonds is 4. The zero-order valence-electron chi connectivity index (χ0n) is 15.1. The van der Waals surface area contributed by atoms with Gasteiger partial charge >= 0.3 is 0 Å². The van der Waals surface area contributed by atoms with Gasteiger partial charge in [-0.15, -0.1) is 0 Å². The highest BCUT2D eigenvalue weighted by Gasteiger charge is 2.36. The van der Waals surface area contributed by atoms with Crippen molar-refractivity contribution in [2.45, 2.75) is 31.8 Å². The summed E-state index contributed by atoms with van der Waals surface area (Å²) in [4.78, 5) is 17.3. The molecular formula is C22H26N2OS. The number of carbonyl (C=O) groups is 1. The van der Waals surface area contributed by atoms with Gasteiger partial charge in [0.1, 0.15) is 0 Å². The molecule has 0 unspecified atom stereocenters. The minimum atomic E-state index is 0.155. The number of carbonyl (C=O) groups excluding carboxylic acids is 1. The SMILES string of the molecule is O=C(/C=C/c1ccccc1)N1CC[C@H]2[C@H](CCCN2Cc2ccsc2)C1. The molecule has 0 saturated carbocycles. The molecule has 2 saturated heterocycles. The van der Waals surface area contributed by atoms with Gasteiger partial charge in [-0.2, -0.15) is 11.3 Å². The normalized spacial score (nSPS) is 23.9. The van der Waals surface area contributed by atoms with E-state index in [1.807, 2.05) is 36.4 Å². The average molecular weight is 367 g/mol. The maximum absolute atomic E-state index is 12.6. The highest BCUT2D eigenvalue weighted by Crippen LogP contribution is 2.32. The van der Waals surface area contributed by atoms with Crippen LogP contribution < -0.4 is 0 Å². The Bertz CT molecular complexity index is 741. The molecule has 4 rings (SSSR count). The van der Waals surface area contributed by atoms with Crippen molar-refractivity contribution in [3.63, 3.8) is 0 Å². The Balaban J connectivity index is 1.36. The van der Waals surface area contributed by atoms with Gasteiger partial charge in [0.05, 0.1) is 0 Å². The van der Waals surface area contributed by atoms with E-state index in [2.05, 4.69) is 26.6 Å². The number of piperidine rings is 2. The molecule has 1 aromatic heterocycles. The number of thiophene rings is 1. The first kappa shape index (κ1) is 17.5. The third-order valence-corrected chi connectivity index (χ3v) is 6.41. The first-order chi connectivity index (χ1) is 12.8. The van der Waals surface area contributed by atoms with E-state index in [0.29, 0.717) is 12.0 Å². The average Bonchev–Trinajstić information content (AvgIpc) is 3.20. The van der Waals surface area contributed by atoms with E-state index in [9.17, 15) is 4.79 Å². The van der Waals surface area contributed by atoms with Crippen molar-refractivity contribution >= 4 is 23.3 Å². The Morgan fingerprint density at radius 2 is 2.04 bits per heavy atom. The van der Waals surface area contributed by atoms with Crippen LogP contribution in [0.4, 0.5) is 0 Å². The Morgan fingerprint density at radius 1 is 1.15 bits per heavy atom. The molecule has 2 aromatic rings. The molecule has 0 bridgehead atoms. The summed E-state index contributed by atoms with van der Waals surface area (Å²) in [5.74, 6) is 0.771. The summed E-state index contributed by atoms with van der Waals surface area (Å²) in [5, 5.41) is 4.42. The van der Waals surface area contributed by atoms with E-state index in [4.69, 9.17) is 0 Å². The van der Waals surface area contributed by atoms with E-state index >= 15 is 0 Å². The minimum Gasteiger partial charge on any atom is -0.339 e. The van der Waals surface area contributed by atoms with Gasteiger partial charge in [0.25, 0.3) is 0 Å². The molecular weight excluding hydrogens is 340 g/mol. The lowest BCUT2D eigenvalue weighted by Crippen LogP contribution is -2.54. The van der Waals surface area contributed by atoms with Crippen molar-refractivity contribution in [1.82, 2.24) is 9.80 Å². The molecule has 3 nitrogen and oxygen atoms in total. The van der Waals surface area contributed by atoms with Gasteiger partial charge in [0, 0.05) is 31.8 Å². The maximum atomic E-state index is 12.6. The lowest BCUT2D eigenvalue weighted by atomic mass is 9.83. The van der Waals surface area contributed by atoms with Crippen LogP contribution in [-0.4, -0.2) is 41.4 Å². The number of likely N-dealkylation sites (tertiary alicyclic amines) is 2. The Labute approximate surface area is 159 Å². The van der Waals surface area contributed by atoms with E-state index in [1.54, 1.807) is 17.4 Å². The van der Waals surface area contributed by atoms with Crippen molar-refractivity contribution < 1.29 is 4.79 Å². The highest BCUT2D eigenvalue weighted by molar-refractivity contribution is 7.07.